The summed E-state index contributed by atoms with van der Waals surface area (Å²) in [7, 11) is 0. The first kappa shape index (κ1) is 13.0. The largest absolute Gasteiger partial charge is 0.362 e. The van der Waals surface area contributed by atoms with Gasteiger partial charge in [-0.05, 0) is 27.7 Å². The number of carbonyl (C=O) groups is 2. The first-order valence-electron chi connectivity index (χ1n) is 5.16. The lowest BCUT2D eigenvalue weighted by Gasteiger charge is -2.28. The standard InChI is InChI=1S/C12H16ClNO2/c1-6-11(8(3)15)10(5-13)12(9(4)16)7(2)14-6/h10,14H,5H2,1-4H3. The van der Waals surface area contributed by atoms with E-state index >= 15 is 0 Å². The molecule has 0 spiro atoms. The zero-order valence-corrected chi connectivity index (χ0v) is 10.7. The van der Waals surface area contributed by atoms with Crippen molar-refractivity contribution in [3.8, 4) is 0 Å². The van der Waals surface area contributed by atoms with Crippen LogP contribution < -0.4 is 5.32 Å². The molecule has 0 saturated heterocycles. The molecule has 1 heterocycles. The number of rotatable bonds is 3. The average molecular weight is 242 g/mol. The van der Waals surface area contributed by atoms with E-state index in [4.69, 9.17) is 11.6 Å². The van der Waals surface area contributed by atoms with Gasteiger partial charge in [0.1, 0.15) is 0 Å². The second-order valence-corrected chi connectivity index (χ2v) is 4.33. The van der Waals surface area contributed by atoms with Gasteiger partial charge in [0.05, 0.1) is 0 Å². The minimum Gasteiger partial charge on any atom is -0.362 e. The van der Waals surface area contributed by atoms with Gasteiger partial charge >= 0.3 is 0 Å². The topological polar surface area (TPSA) is 46.2 Å². The van der Waals surface area contributed by atoms with E-state index in [2.05, 4.69) is 5.32 Å². The van der Waals surface area contributed by atoms with Gasteiger partial charge in [-0.1, -0.05) is 0 Å². The molecule has 0 aromatic heterocycles. The Hall–Kier alpha value is -1.09. The lowest BCUT2D eigenvalue weighted by atomic mass is 9.83. The van der Waals surface area contributed by atoms with E-state index in [9.17, 15) is 9.59 Å². The number of carbonyl (C=O) groups excluding carboxylic acids is 2. The Morgan fingerprint density at radius 2 is 1.50 bits per heavy atom. The maximum atomic E-state index is 11.6. The van der Waals surface area contributed by atoms with Gasteiger partial charge in [0.15, 0.2) is 11.6 Å². The van der Waals surface area contributed by atoms with Gasteiger partial charge in [0, 0.05) is 34.3 Å². The molecule has 0 atom stereocenters. The van der Waals surface area contributed by atoms with E-state index in [-0.39, 0.29) is 23.4 Å². The second-order valence-electron chi connectivity index (χ2n) is 4.02. The predicted molar refractivity (Wildman–Crippen MR) is 64.1 cm³/mol. The molecule has 16 heavy (non-hydrogen) atoms. The summed E-state index contributed by atoms with van der Waals surface area (Å²) in [6, 6.07) is 0. The van der Waals surface area contributed by atoms with Crippen LogP contribution in [-0.2, 0) is 9.59 Å². The van der Waals surface area contributed by atoms with Crippen molar-refractivity contribution in [1.82, 2.24) is 5.32 Å². The zero-order valence-electron chi connectivity index (χ0n) is 9.98. The molecule has 0 unspecified atom stereocenters. The third-order valence-corrected chi connectivity index (χ3v) is 3.10. The molecule has 88 valence electrons. The highest BCUT2D eigenvalue weighted by atomic mass is 35.5. The first-order valence-corrected chi connectivity index (χ1v) is 5.70. The molecule has 1 rings (SSSR count). The number of ketones is 2. The number of alkyl halides is 1. The number of dihydropyridines is 1. The molecule has 0 saturated carbocycles. The second kappa shape index (κ2) is 4.83. The Kier molecular flexibility index (Phi) is 3.92. The Bertz CT molecular complexity index is 371. The summed E-state index contributed by atoms with van der Waals surface area (Å²) in [4.78, 5) is 23.1. The lowest BCUT2D eigenvalue weighted by Crippen LogP contribution is -2.31. The van der Waals surface area contributed by atoms with Gasteiger partial charge in [0.2, 0.25) is 0 Å². The van der Waals surface area contributed by atoms with Gasteiger partial charge in [-0.3, -0.25) is 9.59 Å². The predicted octanol–water partition coefficient (Wildman–Crippen LogP) is 2.17. The molecule has 1 N–H and O–H groups in total. The van der Waals surface area contributed by atoms with E-state index in [1.165, 1.54) is 13.8 Å². The quantitative estimate of drug-likeness (QED) is 0.771. The van der Waals surface area contributed by atoms with E-state index in [0.29, 0.717) is 11.1 Å². The summed E-state index contributed by atoms with van der Waals surface area (Å²) >= 11 is 5.89. The summed E-state index contributed by atoms with van der Waals surface area (Å²) in [5.74, 6) is -0.109. The van der Waals surface area contributed by atoms with Gasteiger partial charge < -0.3 is 5.32 Å². The molecule has 0 radical (unpaired) electrons. The Labute approximate surface area is 101 Å². The van der Waals surface area contributed by atoms with Crippen molar-refractivity contribution in [1.29, 1.82) is 0 Å². The fraction of sp³-hybridized carbons (Fsp3) is 0.500. The van der Waals surface area contributed by atoms with Gasteiger partial charge in [0.25, 0.3) is 0 Å². The summed E-state index contributed by atoms with van der Waals surface area (Å²) in [5.41, 5.74) is 2.82. The van der Waals surface area contributed by atoms with Crippen LogP contribution in [0.25, 0.3) is 0 Å². The van der Waals surface area contributed by atoms with Crippen molar-refractivity contribution >= 4 is 23.2 Å². The van der Waals surface area contributed by atoms with Crippen molar-refractivity contribution < 1.29 is 9.59 Å². The molecule has 3 nitrogen and oxygen atoms in total. The third-order valence-electron chi connectivity index (χ3n) is 2.79. The summed E-state index contributed by atoms with van der Waals surface area (Å²) in [5, 5.41) is 3.07. The minimum absolute atomic E-state index is 0.0399. The molecule has 1 aliphatic heterocycles. The SMILES string of the molecule is CC(=O)C1=C(C)NC(C)=C(C(C)=O)C1CCl. The number of hydrogen-bond acceptors (Lipinski definition) is 3. The average Bonchev–Trinajstić information content (AvgIpc) is 2.14. The number of halogens is 1. The van der Waals surface area contributed by atoms with Crippen LogP contribution in [0.1, 0.15) is 27.7 Å². The maximum absolute atomic E-state index is 11.6. The van der Waals surface area contributed by atoms with Crippen LogP contribution >= 0.6 is 11.6 Å². The molecule has 0 bridgehead atoms. The molecule has 0 aliphatic carbocycles. The van der Waals surface area contributed by atoms with Crippen molar-refractivity contribution in [2.75, 3.05) is 5.88 Å². The molecule has 1 aliphatic rings. The molecule has 4 heteroatoms. The third kappa shape index (κ3) is 2.19. The number of hydrogen-bond donors (Lipinski definition) is 1. The van der Waals surface area contributed by atoms with Crippen LogP contribution in [-0.4, -0.2) is 17.4 Å². The van der Waals surface area contributed by atoms with Crippen LogP contribution in [0.4, 0.5) is 0 Å². The van der Waals surface area contributed by atoms with Crippen molar-refractivity contribution in [3.05, 3.63) is 22.5 Å². The lowest BCUT2D eigenvalue weighted by molar-refractivity contribution is -0.114. The summed E-state index contributed by atoms with van der Waals surface area (Å²) < 4.78 is 0. The molecular formula is C12H16ClNO2. The highest BCUT2D eigenvalue weighted by Gasteiger charge is 2.31. The highest BCUT2D eigenvalue weighted by Crippen LogP contribution is 2.31. The van der Waals surface area contributed by atoms with E-state index in [1.54, 1.807) is 0 Å². The Morgan fingerprint density at radius 3 is 1.75 bits per heavy atom. The summed E-state index contributed by atoms with van der Waals surface area (Å²) in [6.07, 6.45) is 0. The Balaban J connectivity index is 3.29. The number of Topliss-reactive ketones (excluding diaryl/α,β-unsaturated/α-hetero) is 2. The van der Waals surface area contributed by atoms with Crippen LogP contribution in [0.5, 0.6) is 0 Å². The van der Waals surface area contributed by atoms with Gasteiger partial charge in [-0.15, -0.1) is 11.6 Å². The van der Waals surface area contributed by atoms with Crippen LogP contribution in [0.3, 0.4) is 0 Å². The highest BCUT2D eigenvalue weighted by molar-refractivity contribution is 6.19. The van der Waals surface area contributed by atoms with Crippen LogP contribution in [0, 0.1) is 5.92 Å². The molecular weight excluding hydrogens is 226 g/mol. The summed E-state index contributed by atoms with van der Waals surface area (Å²) in [6.45, 7) is 6.66. The normalized spacial score (nSPS) is 17.6. The number of nitrogens with one attached hydrogen (secondary N) is 1. The van der Waals surface area contributed by atoms with Gasteiger partial charge in [-0.2, -0.15) is 0 Å². The zero-order chi connectivity index (χ0) is 12.5. The fourth-order valence-electron chi connectivity index (χ4n) is 2.26. The number of allylic oxidation sites excluding steroid dienone is 4. The molecule has 0 fully saturated rings. The van der Waals surface area contributed by atoms with Crippen molar-refractivity contribution in [2.45, 2.75) is 27.7 Å². The molecule has 0 amide bonds. The Morgan fingerprint density at radius 1 is 1.12 bits per heavy atom. The molecule has 0 aromatic carbocycles. The smallest absolute Gasteiger partial charge is 0.158 e. The van der Waals surface area contributed by atoms with Crippen LogP contribution in [0.15, 0.2) is 22.5 Å². The monoisotopic (exact) mass is 241 g/mol. The van der Waals surface area contributed by atoms with E-state index in [1.807, 2.05) is 13.8 Å². The van der Waals surface area contributed by atoms with Crippen molar-refractivity contribution in [3.63, 3.8) is 0 Å². The maximum Gasteiger partial charge on any atom is 0.158 e. The van der Waals surface area contributed by atoms with Gasteiger partial charge in [-0.25, -0.2) is 0 Å². The van der Waals surface area contributed by atoms with Crippen molar-refractivity contribution in [2.24, 2.45) is 5.92 Å². The fourth-order valence-corrected chi connectivity index (χ4v) is 2.56. The minimum atomic E-state index is -0.280. The van der Waals surface area contributed by atoms with Crippen LogP contribution in [0.2, 0.25) is 0 Å². The van der Waals surface area contributed by atoms with E-state index < -0.39 is 0 Å². The molecule has 0 aromatic rings. The first-order chi connectivity index (χ1) is 7.40. The van der Waals surface area contributed by atoms with E-state index in [0.717, 1.165) is 11.4 Å².